The van der Waals surface area contributed by atoms with Gasteiger partial charge in [0.1, 0.15) is 4.93 Å². The molecule has 0 saturated carbocycles. The monoisotopic (exact) mass is 324 g/mol. The van der Waals surface area contributed by atoms with Gasteiger partial charge < -0.3 is 19.7 Å². The number of benzene rings is 1. The van der Waals surface area contributed by atoms with Crippen LogP contribution in [0.5, 0.6) is 0 Å². The molecule has 0 spiro atoms. The van der Waals surface area contributed by atoms with Crippen LogP contribution in [-0.2, 0) is 21.0 Å². The molecule has 2 saturated heterocycles. The number of rotatable bonds is 3. The van der Waals surface area contributed by atoms with Gasteiger partial charge in [0.05, 0.1) is 25.4 Å². The molecule has 1 aromatic carbocycles. The third kappa shape index (κ3) is 3.34. The zero-order valence-corrected chi connectivity index (χ0v) is 13.6. The van der Waals surface area contributed by atoms with Gasteiger partial charge in [-0.25, -0.2) is 0 Å². The summed E-state index contributed by atoms with van der Waals surface area (Å²) in [5.74, 6) is 0. The van der Waals surface area contributed by atoms with Crippen molar-refractivity contribution in [3.05, 3.63) is 34.9 Å². The number of aliphatic hydroxyl groups is 2. The summed E-state index contributed by atoms with van der Waals surface area (Å²) >= 11 is 4.75. The van der Waals surface area contributed by atoms with Crippen LogP contribution in [0.25, 0.3) is 0 Å². The molecule has 0 aromatic heterocycles. The molecular weight excluding hydrogens is 300 g/mol. The summed E-state index contributed by atoms with van der Waals surface area (Å²) in [5.41, 5.74) is 2.82. The van der Waals surface area contributed by atoms with Crippen molar-refractivity contribution in [3.63, 3.8) is 0 Å². The van der Waals surface area contributed by atoms with Crippen molar-refractivity contribution in [1.29, 1.82) is 0 Å². The fraction of sp³-hybridized carbons (Fsp3) is 0.647. The predicted molar refractivity (Wildman–Crippen MR) is 86.8 cm³/mol. The zero-order valence-electron chi connectivity index (χ0n) is 12.7. The fourth-order valence-electron chi connectivity index (χ4n) is 3.34. The maximum atomic E-state index is 10.0. The van der Waals surface area contributed by atoms with E-state index >= 15 is 0 Å². The summed E-state index contributed by atoms with van der Waals surface area (Å²) in [6.07, 6.45) is 3.95. The first-order valence-corrected chi connectivity index (χ1v) is 8.47. The first kappa shape index (κ1) is 16.3. The standard InChI is InChI=1S/C17H24O4S/c18-11-12-4-5-14(16-3-1-2-7-20-16)15(9-12)17(22)10-13(19)6-8-21-17/h4-5,9,13,16,18-19,22H,1-3,6-8,10-11H2. The molecule has 4 nitrogen and oxygen atoms in total. The van der Waals surface area contributed by atoms with Gasteiger partial charge in [-0.05, 0) is 48.4 Å². The Morgan fingerprint density at radius 3 is 2.77 bits per heavy atom. The first-order chi connectivity index (χ1) is 10.6. The molecule has 0 amide bonds. The van der Waals surface area contributed by atoms with Gasteiger partial charge in [0.2, 0.25) is 0 Å². The van der Waals surface area contributed by atoms with E-state index in [1.54, 1.807) is 0 Å². The van der Waals surface area contributed by atoms with E-state index in [0.717, 1.165) is 42.6 Å². The van der Waals surface area contributed by atoms with Gasteiger partial charge in [-0.1, -0.05) is 12.1 Å². The minimum Gasteiger partial charge on any atom is -0.393 e. The molecule has 22 heavy (non-hydrogen) atoms. The van der Waals surface area contributed by atoms with Crippen molar-refractivity contribution in [2.75, 3.05) is 13.2 Å². The van der Waals surface area contributed by atoms with Crippen LogP contribution in [0.15, 0.2) is 18.2 Å². The van der Waals surface area contributed by atoms with Crippen LogP contribution >= 0.6 is 12.6 Å². The minimum atomic E-state index is -0.820. The Hall–Kier alpha value is -0.590. The molecule has 3 unspecified atom stereocenters. The topological polar surface area (TPSA) is 58.9 Å². The van der Waals surface area contributed by atoms with Crippen LogP contribution in [-0.4, -0.2) is 29.5 Å². The molecule has 3 atom stereocenters. The van der Waals surface area contributed by atoms with E-state index in [1.165, 1.54) is 0 Å². The van der Waals surface area contributed by atoms with Gasteiger partial charge >= 0.3 is 0 Å². The Morgan fingerprint density at radius 1 is 1.23 bits per heavy atom. The summed E-state index contributed by atoms with van der Waals surface area (Å²) in [6, 6.07) is 5.88. The lowest BCUT2D eigenvalue weighted by Crippen LogP contribution is -2.36. The van der Waals surface area contributed by atoms with E-state index in [-0.39, 0.29) is 12.7 Å². The lowest BCUT2D eigenvalue weighted by Gasteiger charge is -2.38. The number of hydrogen-bond acceptors (Lipinski definition) is 5. The Bertz CT molecular complexity index is 515. The molecule has 3 rings (SSSR count). The Morgan fingerprint density at radius 2 is 2.09 bits per heavy atom. The van der Waals surface area contributed by atoms with Gasteiger partial charge in [0.25, 0.3) is 0 Å². The lowest BCUT2D eigenvalue weighted by atomic mass is 9.89. The van der Waals surface area contributed by atoms with Gasteiger partial charge in [-0.2, -0.15) is 0 Å². The SMILES string of the molecule is OCc1ccc(C2CCCCO2)c(C2(S)CC(O)CCO2)c1. The van der Waals surface area contributed by atoms with Crippen molar-refractivity contribution in [2.24, 2.45) is 0 Å². The van der Waals surface area contributed by atoms with Crippen molar-refractivity contribution in [2.45, 2.75) is 55.9 Å². The van der Waals surface area contributed by atoms with E-state index in [2.05, 4.69) is 0 Å². The maximum Gasteiger partial charge on any atom is 0.139 e. The second-order valence-corrected chi connectivity index (χ2v) is 6.94. The predicted octanol–water partition coefficient (Wildman–Crippen LogP) is 2.67. The molecular formula is C17H24O4S. The molecule has 2 aliphatic heterocycles. The van der Waals surface area contributed by atoms with E-state index in [0.29, 0.717) is 19.4 Å². The van der Waals surface area contributed by atoms with E-state index in [4.69, 9.17) is 22.1 Å². The van der Waals surface area contributed by atoms with Crippen molar-refractivity contribution < 1.29 is 19.7 Å². The largest absolute Gasteiger partial charge is 0.393 e. The molecule has 2 fully saturated rings. The third-order valence-electron chi connectivity index (χ3n) is 4.55. The Balaban J connectivity index is 1.99. The number of hydrogen-bond donors (Lipinski definition) is 3. The molecule has 5 heteroatoms. The second kappa shape index (κ2) is 6.89. The summed E-state index contributed by atoms with van der Waals surface area (Å²) in [6.45, 7) is 1.24. The summed E-state index contributed by atoms with van der Waals surface area (Å²) in [5, 5.41) is 19.5. The highest BCUT2D eigenvalue weighted by Crippen LogP contribution is 2.44. The number of thiol groups is 1. The van der Waals surface area contributed by atoms with Crippen molar-refractivity contribution >= 4 is 12.6 Å². The third-order valence-corrected chi connectivity index (χ3v) is 5.10. The van der Waals surface area contributed by atoms with Crippen LogP contribution < -0.4 is 0 Å². The van der Waals surface area contributed by atoms with Crippen LogP contribution in [0.1, 0.15) is 54.9 Å². The highest BCUT2D eigenvalue weighted by molar-refractivity contribution is 7.81. The number of aliphatic hydroxyl groups excluding tert-OH is 2. The smallest absolute Gasteiger partial charge is 0.139 e. The highest BCUT2D eigenvalue weighted by Gasteiger charge is 2.38. The first-order valence-electron chi connectivity index (χ1n) is 8.02. The van der Waals surface area contributed by atoms with Gasteiger partial charge in [-0.15, -0.1) is 12.6 Å². The van der Waals surface area contributed by atoms with E-state index in [9.17, 15) is 10.2 Å². The van der Waals surface area contributed by atoms with Gasteiger partial charge in [-0.3, -0.25) is 0 Å². The van der Waals surface area contributed by atoms with Crippen LogP contribution in [0.4, 0.5) is 0 Å². The lowest BCUT2D eigenvalue weighted by molar-refractivity contribution is -0.0684. The van der Waals surface area contributed by atoms with Gasteiger partial charge in [0, 0.05) is 13.0 Å². The molecule has 2 N–H and O–H groups in total. The van der Waals surface area contributed by atoms with E-state index < -0.39 is 11.0 Å². The average Bonchev–Trinajstić information content (AvgIpc) is 2.55. The summed E-state index contributed by atoms with van der Waals surface area (Å²) in [7, 11) is 0. The maximum absolute atomic E-state index is 10.0. The van der Waals surface area contributed by atoms with Crippen LogP contribution in [0, 0.1) is 0 Å². The Labute approximate surface area is 136 Å². The molecule has 0 radical (unpaired) electrons. The molecule has 2 aliphatic rings. The van der Waals surface area contributed by atoms with Gasteiger partial charge in [0.15, 0.2) is 0 Å². The summed E-state index contributed by atoms with van der Waals surface area (Å²) < 4.78 is 11.8. The normalized spacial score (nSPS) is 32.9. The quantitative estimate of drug-likeness (QED) is 0.748. The molecule has 0 aliphatic carbocycles. The number of ether oxygens (including phenoxy) is 2. The zero-order chi connectivity index (χ0) is 15.6. The highest BCUT2D eigenvalue weighted by atomic mass is 32.1. The summed E-state index contributed by atoms with van der Waals surface area (Å²) in [4.78, 5) is -0.820. The van der Waals surface area contributed by atoms with Crippen molar-refractivity contribution in [1.82, 2.24) is 0 Å². The van der Waals surface area contributed by atoms with E-state index in [1.807, 2.05) is 18.2 Å². The molecule has 1 aromatic rings. The Kier molecular flexibility index (Phi) is 5.10. The average molecular weight is 324 g/mol. The van der Waals surface area contributed by atoms with Crippen LogP contribution in [0.3, 0.4) is 0 Å². The van der Waals surface area contributed by atoms with Crippen molar-refractivity contribution in [3.8, 4) is 0 Å². The minimum absolute atomic E-state index is 0.0226. The molecule has 0 bridgehead atoms. The van der Waals surface area contributed by atoms with Crippen LogP contribution in [0.2, 0.25) is 0 Å². The molecule has 122 valence electrons. The molecule has 2 heterocycles. The second-order valence-electron chi connectivity index (χ2n) is 6.21. The fourth-order valence-corrected chi connectivity index (χ4v) is 3.83.